The Kier molecular flexibility index (Phi) is 7.05. The number of rotatable bonds is 8. The SMILES string of the molecule is CC1CN(S(=O)(=O)CCCc2ccccc2)CCN1CCc1ccccc1. The molecule has 0 aliphatic carbocycles. The van der Waals surface area contributed by atoms with Crippen LogP contribution in [-0.2, 0) is 22.9 Å². The summed E-state index contributed by atoms with van der Waals surface area (Å²) < 4.78 is 27.1. The number of hydrogen-bond acceptors (Lipinski definition) is 3. The fourth-order valence-corrected chi connectivity index (χ4v) is 5.27. The van der Waals surface area contributed by atoms with E-state index < -0.39 is 10.0 Å². The summed E-state index contributed by atoms with van der Waals surface area (Å²) >= 11 is 0. The highest BCUT2D eigenvalue weighted by Gasteiger charge is 2.30. The zero-order valence-electron chi connectivity index (χ0n) is 16.1. The predicted molar refractivity (Wildman–Crippen MR) is 111 cm³/mol. The molecule has 1 aliphatic rings. The maximum Gasteiger partial charge on any atom is 0.214 e. The van der Waals surface area contributed by atoms with Crippen molar-refractivity contribution in [2.75, 3.05) is 31.9 Å². The van der Waals surface area contributed by atoms with Crippen molar-refractivity contribution in [1.29, 1.82) is 0 Å². The number of benzene rings is 2. The fourth-order valence-electron chi connectivity index (χ4n) is 3.70. The largest absolute Gasteiger partial charge is 0.298 e. The lowest BCUT2D eigenvalue weighted by Gasteiger charge is -2.39. The molecule has 0 spiro atoms. The minimum Gasteiger partial charge on any atom is -0.298 e. The molecule has 1 saturated heterocycles. The number of aryl methyl sites for hydroxylation is 1. The highest BCUT2D eigenvalue weighted by molar-refractivity contribution is 7.89. The molecule has 146 valence electrons. The molecule has 0 saturated carbocycles. The summed E-state index contributed by atoms with van der Waals surface area (Å²) in [5, 5.41) is 0. The Morgan fingerprint density at radius 1 is 0.889 bits per heavy atom. The number of piperazine rings is 1. The highest BCUT2D eigenvalue weighted by Crippen LogP contribution is 2.16. The predicted octanol–water partition coefficient (Wildman–Crippen LogP) is 3.20. The molecule has 1 atom stereocenters. The summed E-state index contributed by atoms with van der Waals surface area (Å²) in [5.41, 5.74) is 2.53. The molecule has 1 unspecified atom stereocenters. The quantitative estimate of drug-likeness (QED) is 0.700. The van der Waals surface area contributed by atoms with Gasteiger partial charge in [-0.1, -0.05) is 60.7 Å². The normalized spacial score (nSPS) is 19.2. The molecule has 1 heterocycles. The lowest BCUT2D eigenvalue weighted by Crippen LogP contribution is -2.54. The third kappa shape index (κ3) is 5.89. The van der Waals surface area contributed by atoms with Crippen molar-refractivity contribution in [2.45, 2.75) is 32.2 Å². The van der Waals surface area contributed by atoms with E-state index in [1.807, 2.05) is 24.3 Å². The van der Waals surface area contributed by atoms with E-state index in [9.17, 15) is 8.42 Å². The first-order valence-corrected chi connectivity index (χ1v) is 11.5. The van der Waals surface area contributed by atoms with Crippen LogP contribution >= 0.6 is 0 Å². The Morgan fingerprint density at radius 3 is 2.07 bits per heavy atom. The molecule has 5 heteroatoms. The van der Waals surface area contributed by atoms with Crippen molar-refractivity contribution in [1.82, 2.24) is 9.21 Å². The van der Waals surface area contributed by atoms with Crippen LogP contribution in [0.25, 0.3) is 0 Å². The lowest BCUT2D eigenvalue weighted by molar-refractivity contribution is 0.130. The summed E-state index contributed by atoms with van der Waals surface area (Å²) in [5.74, 6) is 0.235. The van der Waals surface area contributed by atoms with Crippen molar-refractivity contribution in [3.05, 3.63) is 71.8 Å². The maximum absolute atomic E-state index is 12.7. The van der Waals surface area contributed by atoms with E-state index in [0.717, 1.165) is 25.9 Å². The second-order valence-electron chi connectivity index (χ2n) is 7.38. The Labute approximate surface area is 163 Å². The number of nitrogens with zero attached hydrogens (tertiary/aromatic N) is 2. The van der Waals surface area contributed by atoms with Crippen LogP contribution in [0.4, 0.5) is 0 Å². The molecule has 0 aromatic heterocycles. The molecule has 27 heavy (non-hydrogen) atoms. The van der Waals surface area contributed by atoms with Gasteiger partial charge in [-0.25, -0.2) is 8.42 Å². The van der Waals surface area contributed by atoms with Crippen LogP contribution in [0.1, 0.15) is 24.5 Å². The van der Waals surface area contributed by atoms with Crippen LogP contribution in [0.3, 0.4) is 0 Å². The van der Waals surface area contributed by atoms with E-state index in [4.69, 9.17) is 0 Å². The van der Waals surface area contributed by atoms with Gasteiger partial charge in [0.25, 0.3) is 0 Å². The monoisotopic (exact) mass is 386 g/mol. The van der Waals surface area contributed by atoms with Crippen LogP contribution in [0, 0.1) is 0 Å². The summed E-state index contributed by atoms with van der Waals surface area (Å²) in [6, 6.07) is 20.8. The van der Waals surface area contributed by atoms with Crippen LogP contribution in [0.15, 0.2) is 60.7 Å². The van der Waals surface area contributed by atoms with Gasteiger partial charge in [0.05, 0.1) is 5.75 Å². The molecular formula is C22H30N2O2S. The first kappa shape index (κ1) is 20.1. The number of hydrogen-bond donors (Lipinski definition) is 0. The van der Waals surface area contributed by atoms with Crippen molar-refractivity contribution in [2.24, 2.45) is 0 Å². The zero-order valence-corrected chi connectivity index (χ0v) is 16.9. The maximum atomic E-state index is 12.7. The average Bonchev–Trinajstić information content (AvgIpc) is 2.68. The van der Waals surface area contributed by atoms with Gasteiger partial charge in [0.15, 0.2) is 0 Å². The average molecular weight is 387 g/mol. The molecule has 1 fully saturated rings. The van der Waals surface area contributed by atoms with Gasteiger partial charge in [0, 0.05) is 32.2 Å². The smallest absolute Gasteiger partial charge is 0.214 e. The Balaban J connectivity index is 1.46. The second kappa shape index (κ2) is 9.49. The minimum atomic E-state index is -3.17. The Hall–Kier alpha value is -1.69. The molecule has 0 radical (unpaired) electrons. The molecule has 3 rings (SSSR count). The summed E-state index contributed by atoms with van der Waals surface area (Å²) in [7, 11) is -3.17. The fraction of sp³-hybridized carbons (Fsp3) is 0.455. The molecule has 0 bridgehead atoms. The van der Waals surface area contributed by atoms with Gasteiger partial charge in [0.1, 0.15) is 0 Å². The summed E-state index contributed by atoms with van der Waals surface area (Å²) in [6.07, 6.45) is 2.50. The van der Waals surface area contributed by atoms with Gasteiger partial charge in [-0.3, -0.25) is 4.90 Å². The van der Waals surface area contributed by atoms with Crippen molar-refractivity contribution < 1.29 is 8.42 Å². The Morgan fingerprint density at radius 2 is 1.48 bits per heavy atom. The van der Waals surface area contributed by atoms with Crippen LogP contribution in [0.5, 0.6) is 0 Å². The van der Waals surface area contributed by atoms with E-state index in [1.54, 1.807) is 4.31 Å². The van der Waals surface area contributed by atoms with Gasteiger partial charge in [-0.15, -0.1) is 0 Å². The first-order chi connectivity index (χ1) is 13.0. The van der Waals surface area contributed by atoms with E-state index in [-0.39, 0.29) is 11.8 Å². The molecular weight excluding hydrogens is 356 g/mol. The van der Waals surface area contributed by atoms with Crippen molar-refractivity contribution >= 4 is 10.0 Å². The summed E-state index contributed by atoms with van der Waals surface area (Å²) in [4.78, 5) is 2.41. The van der Waals surface area contributed by atoms with Crippen LogP contribution < -0.4 is 0 Å². The molecule has 1 aliphatic heterocycles. The van der Waals surface area contributed by atoms with Gasteiger partial charge >= 0.3 is 0 Å². The van der Waals surface area contributed by atoms with Gasteiger partial charge in [-0.05, 0) is 37.3 Å². The molecule has 0 N–H and O–H groups in total. The van der Waals surface area contributed by atoms with Gasteiger partial charge in [0.2, 0.25) is 10.0 Å². The zero-order chi connectivity index (χ0) is 19.1. The van der Waals surface area contributed by atoms with E-state index in [0.29, 0.717) is 19.5 Å². The molecule has 0 amide bonds. The molecule has 4 nitrogen and oxygen atoms in total. The van der Waals surface area contributed by atoms with Crippen molar-refractivity contribution in [3.8, 4) is 0 Å². The lowest BCUT2D eigenvalue weighted by atomic mass is 10.1. The number of sulfonamides is 1. The molecule has 2 aromatic carbocycles. The van der Waals surface area contributed by atoms with Crippen LogP contribution in [-0.4, -0.2) is 55.6 Å². The first-order valence-electron chi connectivity index (χ1n) is 9.84. The molecule has 2 aromatic rings. The van der Waals surface area contributed by atoms with Crippen LogP contribution in [0.2, 0.25) is 0 Å². The third-order valence-corrected chi connectivity index (χ3v) is 7.29. The third-order valence-electron chi connectivity index (χ3n) is 5.36. The topological polar surface area (TPSA) is 40.6 Å². The van der Waals surface area contributed by atoms with Gasteiger partial charge in [-0.2, -0.15) is 4.31 Å². The van der Waals surface area contributed by atoms with E-state index in [2.05, 4.69) is 48.2 Å². The minimum absolute atomic E-state index is 0.235. The Bertz CT molecular complexity index is 794. The van der Waals surface area contributed by atoms with E-state index >= 15 is 0 Å². The summed E-state index contributed by atoms with van der Waals surface area (Å²) in [6.45, 7) is 5.13. The van der Waals surface area contributed by atoms with Crippen molar-refractivity contribution in [3.63, 3.8) is 0 Å². The standard InChI is InChI=1S/C22H30N2O2S/c1-20-19-24(17-16-23(20)15-14-22-11-6-3-7-12-22)27(25,26)18-8-13-21-9-4-2-5-10-21/h2-7,9-12,20H,8,13-19H2,1H3. The van der Waals surface area contributed by atoms with Gasteiger partial charge < -0.3 is 0 Å². The second-order valence-corrected chi connectivity index (χ2v) is 9.47. The highest BCUT2D eigenvalue weighted by atomic mass is 32.2. The van der Waals surface area contributed by atoms with E-state index in [1.165, 1.54) is 11.1 Å².